The van der Waals surface area contributed by atoms with E-state index in [1.165, 1.54) is 20.8 Å². The van der Waals surface area contributed by atoms with Crippen LogP contribution in [0.4, 0.5) is 4.79 Å². The summed E-state index contributed by atoms with van der Waals surface area (Å²) in [6, 6.07) is 5.16. The van der Waals surface area contributed by atoms with Crippen LogP contribution in [-0.2, 0) is 40.0 Å². The fraction of sp³-hybridized carbons (Fsp3) is 0.500. The molecule has 34 heavy (non-hydrogen) atoms. The zero-order valence-electron chi connectivity index (χ0n) is 19.2. The maximum atomic E-state index is 12.7. The van der Waals surface area contributed by atoms with Crippen molar-refractivity contribution in [3.8, 4) is 0 Å². The number of hydrogen-bond donors (Lipinski definition) is 4. The maximum absolute atomic E-state index is 12.7. The molecular formula is C22H30N2O10. The van der Waals surface area contributed by atoms with Crippen LogP contribution in [0.5, 0.6) is 0 Å². The number of amides is 2. The number of alkyl carbamates (subject to hydrolysis) is 1. The molecule has 0 aliphatic carbocycles. The molecule has 0 spiro atoms. The summed E-state index contributed by atoms with van der Waals surface area (Å²) in [6.07, 6.45) is -3.16. The van der Waals surface area contributed by atoms with Gasteiger partial charge in [-0.15, -0.1) is 0 Å². The molecule has 0 aromatic heterocycles. The number of ether oxygens (including phenoxy) is 3. The number of nitrogens with one attached hydrogen (secondary N) is 2. The highest BCUT2D eigenvalue weighted by atomic mass is 16.6. The number of esters is 2. The van der Waals surface area contributed by atoms with E-state index in [2.05, 4.69) is 10.6 Å². The lowest BCUT2D eigenvalue weighted by Crippen LogP contribution is -2.58. The first kappa shape index (κ1) is 28.4. The van der Waals surface area contributed by atoms with Crippen molar-refractivity contribution in [2.75, 3.05) is 13.2 Å². The highest BCUT2D eigenvalue weighted by Crippen LogP contribution is 2.15. The zero-order chi connectivity index (χ0) is 25.7. The van der Waals surface area contributed by atoms with Crippen LogP contribution in [0.3, 0.4) is 0 Å². The molecule has 0 bridgehead atoms. The Morgan fingerprint density at radius 2 is 1.53 bits per heavy atom. The molecule has 2 amide bonds. The minimum absolute atomic E-state index is 0.00239. The minimum Gasteiger partial charge on any atom is -0.480 e. The smallest absolute Gasteiger partial charge is 0.408 e. The van der Waals surface area contributed by atoms with E-state index in [1.807, 2.05) is 0 Å². The summed E-state index contributed by atoms with van der Waals surface area (Å²) in [5.41, 5.74) is 0.679. The number of carbonyl (C=O) groups is 5. The summed E-state index contributed by atoms with van der Waals surface area (Å²) < 4.78 is 14.6. The Kier molecular flexibility index (Phi) is 12.1. The normalized spacial score (nSPS) is 14.0. The van der Waals surface area contributed by atoms with Gasteiger partial charge in [0.15, 0.2) is 0 Å². The van der Waals surface area contributed by atoms with Gasteiger partial charge in [-0.1, -0.05) is 30.3 Å². The van der Waals surface area contributed by atoms with Gasteiger partial charge in [0.05, 0.1) is 31.7 Å². The van der Waals surface area contributed by atoms with Crippen LogP contribution < -0.4 is 10.6 Å². The lowest BCUT2D eigenvalue weighted by atomic mass is 9.95. The second kappa shape index (κ2) is 14.5. The lowest BCUT2D eigenvalue weighted by Gasteiger charge is -2.26. The molecular weight excluding hydrogens is 452 g/mol. The molecule has 4 N–H and O–H groups in total. The molecule has 0 aliphatic heterocycles. The first-order valence-corrected chi connectivity index (χ1v) is 10.6. The molecule has 0 fully saturated rings. The van der Waals surface area contributed by atoms with Gasteiger partial charge in [0.2, 0.25) is 5.91 Å². The number of carboxylic acids is 1. The second-order valence-corrected chi connectivity index (χ2v) is 7.12. The Hall–Kier alpha value is -3.67. The summed E-state index contributed by atoms with van der Waals surface area (Å²) in [5.74, 6) is -6.26. The Bertz CT molecular complexity index is 843. The van der Waals surface area contributed by atoms with Crippen molar-refractivity contribution < 1.29 is 48.4 Å². The third-order valence-corrected chi connectivity index (χ3v) is 4.50. The first-order chi connectivity index (χ1) is 16.1. The minimum atomic E-state index is -1.90. The van der Waals surface area contributed by atoms with E-state index >= 15 is 0 Å². The fourth-order valence-corrected chi connectivity index (χ4v) is 2.86. The molecule has 0 aliphatic rings. The number of carboxylic acid groups (broad SMARTS) is 1. The van der Waals surface area contributed by atoms with Crippen LogP contribution in [-0.4, -0.2) is 71.5 Å². The molecule has 0 saturated heterocycles. The quantitative estimate of drug-likeness (QED) is 0.227. The van der Waals surface area contributed by atoms with Crippen LogP contribution in [0.2, 0.25) is 0 Å². The van der Waals surface area contributed by atoms with Gasteiger partial charge in [-0.05, 0) is 26.3 Å². The van der Waals surface area contributed by atoms with Gasteiger partial charge in [-0.2, -0.15) is 0 Å². The zero-order valence-corrected chi connectivity index (χ0v) is 19.2. The molecule has 12 nitrogen and oxygen atoms in total. The highest BCUT2D eigenvalue weighted by molar-refractivity contribution is 5.93. The van der Waals surface area contributed by atoms with Crippen molar-refractivity contribution in [1.82, 2.24) is 10.6 Å². The Labute approximate surface area is 196 Å². The van der Waals surface area contributed by atoms with Crippen molar-refractivity contribution in [3.05, 3.63) is 35.9 Å². The van der Waals surface area contributed by atoms with Gasteiger partial charge < -0.3 is 35.1 Å². The number of benzene rings is 1. The Morgan fingerprint density at radius 1 is 0.912 bits per heavy atom. The van der Waals surface area contributed by atoms with E-state index in [9.17, 15) is 34.2 Å². The van der Waals surface area contributed by atoms with Gasteiger partial charge in [0.1, 0.15) is 18.7 Å². The van der Waals surface area contributed by atoms with Crippen molar-refractivity contribution in [1.29, 1.82) is 0 Å². The predicted octanol–water partition coefficient (Wildman–Crippen LogP) is 0.364. The molecule has 0 unspecified atom stereocenters. The number of rotatable bonds is 13. The van der Waals surface area contributed by atoms with E-state index in [-0.39, 0.29) is 19.8 Å². The molecule has 188 valence electrons. The number of aliphatic carboxylic acids is 1. The summed E-state index contributed by atoms with van der Waals surface area (Å²) in [6.45, 7) is 4.01. The van der Waals surface area contributed by atoms with Gasteiger partial charge in [-0.3, -0.25) is 14.4 Å². The SMILES string of the molecule is CCOC(=O)C[C@H](C(=O)OCC)[C@H](NC(=O)[C@@H](NC(=O)OCc1ccccc1)[C@@H](C)O)C(=O)O. The molecule has 0 saturated carbocycles. The van der Waals surface area contributed by atoms with Crippen molar-refractivity contribution in [3.63, 3.8) is 0 Å². The van der Waals surface area contributed by atoms with E-state index < -0.39 is 60.4 Å². The molecule has 12 heteroatoms. The van der Waals surface area contributed by atoms with Gasteiger partial charge >= 0.3 is 24.0 Å². The van der Waals surface area contributed by atoms with Crippen LogP contribution in [0.15, 0.2) is 30.3 Å². The second-order valence-electron chi connectivity index (χ2n) is 7.12. The van der Waals surface area contributed by atoms with Crippen molar-refractivity contribution >= 4 is 29.9 Å². The molecule has 1 aromatic rings. The lowest BCUT2D eigenvalue weighted by molar-refractivity contribution is -0.160. The average molecular weight is 482 g/mol. The number of aliphatic hydroxyl groups is 1. The standard InChI is InChI=1S/C22H30N2O10/c1-4-32-16(26)11-15(21(30)33-5-2)18(20(28)29)23-19(27)17(13(3)25)24-22(31)34-12-14-9-7-6-8-10-14/h6-10,13,15,17-18,25H,4-5,11-12H2,1-3H3,(H,23,27)(H,24,31)(H,28,29)/t13-,15+,17+,18+/m1/s1. The van der Waals surface area contributed by atoms with Crippen LogP contribution in [0, 0.1) is 5.92 Å². The number of carbonyl (C=O) groups excluding carboxylic acids is 4. The van der Waals surface area contributed by atoms with E-state index in [4.69, 9.17) is 14.2 Å². The molecule has 0 radical (unpaired) electrons. The summed E-state index contributed by atoms with van der Waals surface area (Å²) in [4.78, 5) is 60.9. The van der Waals surface area contributed by atoms with E-state index in [0.29, 0.717) is 5.56 Å². The topological polar surface area (TPSA) is 178 Å². The predicted molar refractivity (Wildman–Crippen MR) is 116 cm³/mol. The van der Waals surface area contributed by atoms with E-state index in [0.717, 1.165) is 0 Å². The van der Waals surface area contributed by atoms with Crippen LogP contribution in [0.1, 0.15) is 32.8 Å². The van der Waals surface area contributed by atoms with Crippen molar-refractivity contribution in [2.45, 2.75) is 52.0 Å². The highest BCUT2D eigenvalue weighted by Gasteiger charge is 2.40. The van der Waals surface area contributed by atoms with Crippen molar-refractivity contribution in [2.24, 2.45) is 5.92 Å². The Balaban J connectivity index is 2.95. The fourth-order valence-electron chi connectivity index (χ4n) is 2.86. The Morgan fingerprint density at radius 3 is 2.06 bits per heavy atom. The van der Waals surface area contributed by atoms with Gasteiger partial charge in [-0.25, -0.2) is 9.59 Å². The molecule has 1 rings (SSSR count). The number of hydrogen-bond acceptors (Lipinski definition) is 9. The summed E-state index contributed by atoms with van der Waals surface area (Å²) in [7, 11) is 0. The number of aliphatic hydroxyl groups excluding tert-OH is 1. The summed E-state index contributed by atoms with van der Waals surface area (Å²) >= 11 is 0. The molecule has 0 heterocycles. The molecule has 1 aromatic carbocycles. The van der Waals surface area contributed by atoms with Crippen LogP contribution >= 0.6 is 0 Å². The monoisotopic (exact) mass is 482 g/mol. The maximum Gasteiger partial charge on any atom is 0.408 e. The van der Waals surface area contributed by atoms with Gasteiger partial charge in [0.25, 0.3) is 0 Å². The van der Waals surface area contributed by atoms with E-state index in [1.54, 1.807) is 30.3 Å². The first-order valence-electron chi connectivity index (χ1n) is 10.6. The van der Waals surface area contributed by atoms with Gasteiger partial charge in [0, 0.05) is 0 Å². The average Bonchev–Trinajstić information content (AvgIpc) is 2.78. The third-order valence-electron chi connectivity index (χ3n) is 4.50. The summed E-state index contributed by atoms with van der Waals surface area (Å²) in [5, 5.41) is 23.8. The third kappa shape index (κ3) is 9.45. The largest absolute Gasteiger partial charge is 0.480 e. The molecule has 4 atom stereocenters. The van der Waals surface area contributed by atoms with Crippen LogP contribution in [0.25, 0.3) is 0 Å².